The Bertz CT molecular complexity index is 615. The number of benzene rings is 2. The highest BCUT2D eigenvalue weighted by molar-refractivity contribution is 5.36. The van der Waals surface area contributed by atoms with Crippen molar-refractivity contribution in [3.8, 4) is 5.75 Å². The summed E-state index contributed by atoms with van der Waals surface area (Å²) < 4.78 is 32.4. The molecule has 2 unspecified atom stereocenters. The van der Waals surface area contributed by atoms with Crippen molar-refractivity contribution in [3.05, 3.63) is 65.2 Å². The topological polar surface area (TPSA) is 21.3 Å². The normalized spacial score (nSPS) is 13.8. The van der Waals surface area contributed by atoms with Crippen molar-refractivity contribution >= 4 is 0 Å². The Morgan fingerprint density at radius 1 is 0.905 bits per heavy atom. The van der Waals surface area contributed by atoms with Crippen LogP contribution in [0.5, 0.6) is 5.75 Å². The summed E-state index contributed by atoms with van der Waals surface area (Å²) in [7, 11) is 1.61. The minimum Gasteiger partial charge on any atom is -0.496 e. The predicted molar refractivity (Wildman–Crippen MR) is 79.3 cm³/mol. The van der Waals surface area contributed by atoms with Crippen molar-refractivity contribution in [2.24, 2.45) is 0 Å². The molecule has 2 aromatic rings. The lowest BCUT2D eigenvalue weighted by atomic mass is 10.0. The summed E-state index contributed by atoms with van der Waals surface area (Å²) in [6.07, 6.45) is 0. The molecular weight excluding hydrogens is 272 g/mol. The number of halogens is 2. The van der Waals surface area contributed by atoms with E-state index in [1.54, 1.807) is 13.2 Å². The van der Waals surface area contributed by atoms with E-state index in [4.69, 9.17) is 4.74 Å². The van der Waals surface area contributed by atoms with E-state index in [1.165, 1.54) is 6.07 Å². The van der Waals surface area contributed by atoms with Gasteiger partial charge in [0.1, 0.15) is 5.75 Å². The molecule has 0 bridgehead atoms. The van der Waals surface area contributed by atoms with Crippen LogP contribution < -0.4 is 10.1 Å². The molecule has 4 heteroatoms. The third-order valence-corrected chi connectivity index (χ3v) is 3.55. The summed E-state index contributed by atoms with van der Waals surface area (Å²) >= 11 is 0. The Kier molecular flexibility index (Phi) is 4.91. The lowest BCUT2D eigenvalue weighted by Crippen LogP contribution is -2.24. The minimum absolute atomic E-state index is 0.0567. The summed E-state index contributed by atoms with van der Waals surface area (Å²) in [5, 5.41) is 3.27. The van der Waals surface area contributed by atoms with Gasteiger partial charge in [0.15, 0.2) is 11.6 Å². The summed E-state index contributed by atoms with van der Waals surface area (Å²) in [5.74, 6) is -0.861. The minimum atomic E-state index is -0.828. The smallest absolute Gasteiger partial charge is 0.163 e. The van der Waals surface area contributed by atoms with Gasteiger partial charge in [-0.3, -0.25) is 0 Å². The van der Waals surface area contributed by atoms with Gasteiger partial charge in [-0.2, -0.15) is 0 Å². The second-order valence-electron chi connectivity index (χ2n) is 5.00. The van der Waals surface area contributed by atoms with Crippen LogP contribution in [0.1, 0.15) is 37.1 Å². The quantitative estimate of drug-likeness (QED) is 0.882. The average molecular weight is 291 g/mol. The fourth-order valence-electron chi connectivity index (χ4n) is 2.43. The number of rotatable bonds is 5. The summed E-state index contributed by atoms with van der Waals surface area (Å²) in [5.41, 5.74) is 1.29. The first-order chi connectivity index (χ1) is 10.0. The van der Waals surface area contributed by atoms with Crippen molar-refractivity contribution in [2.45, 2.75) is 25.9 Å². The van der Waals surface area contributed by atoms with Crippen LogP contribution >= 0.6 is 0 Å². The van der Waals surface area contributed by atoms with E-state index >= 15 is 0 Å². The van der Waals surface area contributed by atoms with Crippen molar-refractivity contribution in [2.75, 3.05) is 7.11 Å². The summed E-state index contributed by atoms with van der Waals surface area (Å²) in [4.78, 5) is 0. The first kappa shape index (κ1) is 15.4. The maximum Gasteiger partial charge on any atom is 0.163 e. The molecule has 0 aliphatic rings. The van der Waals surface area contributed by atoms with E-state index in [0.717, 1.165) is 17.4 Å². The Morgan fingerprint density at radius 2 is 1.52 bits per heavy atom. The Labute approximate surface area is 123 Å². The van der Waals surface area contributed by atoms with E-state index in [1.807, 2.05) is 38.1 Å². The van der Waals surface area contributed by atoms with Gasteiger partial charge in [0.05, 0.1) is 7.11 Å². The van der Waals surface area contributed by atoms with E-state index in [0.29, 0.717) is 5.56 Å². The fraction of sp³-hybridized carbons (Fsp3) is 0.294. The van der Waals surface area contributed by atoms with Crippen LogP contribution in [0, 0.1) is 11.6 Å². The Hall–Kier alpha value is -1.94. The maximum absolute atomic E-state index is 13.8. The lowest BCUT2D eigenvalue weighted by Gasteiger charge is -2.22. The molecule has 2 atom stereocenters. The molecule has 0 radical (unpaired) electrons. The van der Waals surface area contributed by atoms with Crippen LogP contribution in [0.15, 0.2) is 42.5 Å². The molecule has 0 aliphatic heterocycles. The average Bonchev–Trinajstić information content (AvgIpc) is 2.49. The van der Waals surface area contributed by atoms with Crippen molar-refractivity contribution in [1.82, 2.24) is 5.32 Å². The number of para-hydroxylation sites is 1. The van der Waals surface area contributed by atoms with Gasteiger partial charge in [0, 0.05) is 23.2 Å². The van der Waals surface area contributed by atoms with Gasteiger partial charge in [-0.25, -0.2) is 8.78 Å². The lowest BCUT2D eigenvalue weighted by molar-refractivity contribution is 0.394. The summed E-state index contributed by atoms with van der Waals surface area (Å²) in [6, 6.07) is 11.5. The van der Waals surface area contributed by atoms with Gasteiger partial charge < -0.3 is 10.1 Å². The number of hydrogen-bond donors (Lipinski definition) is 1. The number of nitrogens with one attached hydrogen (secondary N) is 1. The molecule has 0 spiro atoms. The zero-order valence-corrected chi connectivity index (χ0v) is 12.4. The Morgan fingerprint density at radius 3 is 2.24 bits per heavy atom. The van der Waals surface area contributed by atoms with E-state index in [2.05, 4.69) is 5.32 Å². The second-order valence-corrected chi connectivity index (χ2v) is 5.00. The zero-order valence-electron chi connectivity index (χ0n) is 12.4. The van der Waals surface area contributed by atoms with Crippen LogP contribution in [-0.4, -0.2) is 7.11 Å². The molecule has 0 aliphatic carbocycles. The molecule has 112 valence electrons. The number of ether oxygens (including phenoxy) is 1. The van der Waals surface area contributed by atoms with Gasteiger partial charge in [-0.15, -0.1) is 0 Å². The highest BCUT2D eigenvalue weighted by Crippen LogP contribution is 2.27. The molecule has 0 fully saturated rings. The molecule has 2 rings (SSSR count). The van der Waals surface area contributed by atoms with Crippen LogP contribution in [0.25, 0.3) is 0 Å². The molecule has 21 heavy (non-hydrogen) atoms. The standard InChI is InChI=1S/C17H19F2NO/c1-11(13-7-4-5-10-16(13)21-3)20-12(2)14-8-6-9-15(18)17(14)19/h4-12,20H,1-3H3. The molecule has 0 saturated heterocycles. The van der Waals surface area contributed by atoms with E-state index < -0.39 is 11.6 Å². The van der Waals surface area contributed by atoms with Crippen molar-refractivity contribution in [3.63, 3.8) is 0 Å². The van der Waals surface area contributed by atoms with Gasteiger partial charge >= 0.3 is 0 Å². The van der Waals surface area contributed by atoms with E-state index in [9.17, 15) is 8.78 Å². The van der Waals surface area contributed by atoms with Crippen molar-refractivity contribution in [1.29, 1.82) is 0 Å². The highest BCUT2D eigenvalue weighted by atomic mass is 19.2. The molecule has 0 aromatic heterocycles. The van der Waals surface area contributed by atoms with Gasteiger partial charge in [-0.1, -0.05) is 30.3 Å². The fourth-order valence-corrected chi connectivity index (χ4v) is 2.43. The summed E-state index contributed by atoms with van der Waals surface area (Å²) in [6.45, 7) is 3.77. The first-order valence-corrected chi connectivity index (χ1v) is 6.87. The zero-order chi connectivity index (χ0) is 15.4. The SMILES string of the molecule is COc1ccccc1C(C)NC(C)c1cccc(F)c1F. The van der Waals surface area contributed by atoms with Crippen LogP contribution in [0.4, 0.5) is 8.78 Å². The van der Waals surface area contributed by atoms with Crippen LogP contribution in [-0.2, 0) is 0 Å². The second kappa shape index (κ2) is 6.68. The first-order valence-electron chi connectivity index (χ1n) is 6.87. The molecule has 0 saturated carbocycles. The predicted octanol–water partition coefficient (Wildman–Crippen LogP) is 4.39. The van der Waals surface area contributed by atoms with Gasteiger partial charge in [0.2, 0.25) is 0 Å². The van der Waals surface area contributed by atoms with Gasteiger partial charge in [0.25, 0.3) is 0 Å². The molecule has 2 nitrogen and oxygen atoms in total. The largest absolute Gasteiger partial charge is 0.496 e. The molecular formula is C17H19F2NO. The van der Waals surface area contributed by atoms with E-state index in [-0.39, 0.29) is 12.1 Å². The molecule has 0 heterocycles. The monoisotopic (exact) mass is 291 g/mol. The molecule has 0 amide bonds. The number of methoxy groups -OCH3 is 1. The maximum atomic E-state index is 13.8. The van der Waals surface area contributed by atoms with Crippen molar-refractivity contribution < 1.29 is 13.5 Å². The van der Waals surface area contributed by atoms with Crippen LogP contribution in [0.2, 0.25) is 0 Å². The van der Waals surface area contributed by atoms with Crippen LogP contribution in [0.3, 0.4) is 0 Å². The number of hydrogen-bond acceptors (Lipinski definition) is 2. The third-order valence-electron chi connectivity index (χ3n) is 3.55. The Balaban J connectivity index is 2.19. The highest BCUT2D eigenvalue weighted by Gasteiger charge is 2.18. The molecule has 1 N–H and O–H groups in total. The molecule has 2 aromatic carbocycles. The van der Waals surface area contributed by atoms with Gasteiger partial charge in [-0.05, 0) is 26.0 Å². The third kappa shape index (κ3) is 3.39.